The van der Waals surface area contributed by atoms with Gasteiger partial charge in [-0.15, -0.1) is 0 Å². The van der Waals surface area contributed by atoms with E-state index in [1.165, 1.54) is 47.7 Å². The Balaban J connectivity index is 2.32. The molecule has 3 N–H and O–H groups in total. The Morgan fingerprint density at radius 3 is 2.44 bits per heavy atom. The monoisotopic (exact) mass is 360 g/mol. The first-order valence-corrected chi connectivity index (χ1v) is 8.08. The molecule has 0 radical (unpaired) electrons. The van der Waals surface area contributed by atoms with E-state index in [2.05, 4.69) is 59.2 Å². The lowest BCUT2D eigenvalue weighted by molar-refractivity contribution is 0.475. The molecule has 102 valence electrons. The molecule has 1 unspecified atom stereocenters. The van der Waals surface area contributed by atoms with Crippen molar-refractivity contribution in [3.8, 4) is 0 Å². The Morgan fingerprint density at radius 2 is 1.78 bits per heavy atom. The molecule has 0 amide bonds. The zero-order valence-corrected chi connectivity index (χ0v) is 13.4. The van der Waals surface area contributed by atoms with Crippen LogP contribution in [-0.2, 0) is 0 Å². The molecule has 0 fully saturated rings. The topological polar surface area (TPSA) is 38.0 Å². The van der Waals surface area contributed by atoms with Crippen molar-refractivity contribution < 1.29 is 0 Å². The molecule has 0 spiro atoms. The van der Waals surface area contributed by atoms with Crippen LogP contribution in [0.3, 0.4) is 0 Å². The van der Waals surface area contributed by atoms with E-state index in [4.69, 9.17) is 5.84 Å². The molecule has 0 saturated carbocycles. The van der Waals surface area contributed by atoms with Crippen molar-refractivity contribution in [3.63, 3.8) is 0 Å². The zero-order chi connectivity index (χ0) is 13.2. The van der Waals surface area contributed by atoms with Crippen molar-refractivity contribution >= 4 is 22.6 Å². The average Bonchev–Trinajstić information content (AvgIpc) is 2.39. The summed E-state index contributed by atoms with van der Waals surface area (Å²) in [6.45, 7) is 2.26. The van der Waals surface area contributed by atoms with Crippen molar-refractivity contribution in [2.75, 3.05) is 0 Å². The molecule has 1 aromatic rings. The average molecular weight is 360 g/mol. The van der Waals surface area contributed by atoms with Crippen LogP contribution < -0.4 is 11.3 Å². The molecule has 1 rings (SSSR count). The second kappa shape index (κ2) is 9.75. The standard InChI is InChI=1S/C15H25IN2/c1-2-3-4-5-6-7-12-15(18-17)13-10-8-9-11-14(13)16/h8-11,15,18H,2-7,12,17H2,1H3. The number of rotatable bonds is 9. The maximum absolute atomic E-state index is 5.68. The summed E-state index contributed by atoms with van der Waals surface area (Å²) in [5.74, 6) is 5.68. The normalized spacial score (nSPS) is 12.6. The Labute approximate surface area is 125 Å². The third-order valence-corrected chi connectivity index (χ3v) is 4.31. The van der Waals surface area contributed by atoms with Crippen molar-refractivity contribution in [1.29, 1.82) is 0 Å². The van der Waals surface area contributed by atoms with Gasteiger partial charge in [0.15, 0.2) is 0 Å². The molecule has 0 bridgehead atoms. The van der Waals surface area contributed by atoms with E-state index in [0.717, 1.165) is 6.42 Å². The fraction of sp³-hybridized carbons (Fsp3) is 0.600. The molecule has 0 saturated heterocycles. The summed E-state index contributed by atoms with van der Waals surface area (Å²) in [6.07, 6.45) is 9.12. The third-order valence-electron chi connectivity index (χ3n) is 3.33. The van der Waals surface area contributed by atoms with Crippen LogP contribution in [0.5, 0.6) is 0 Å². The van der Waals surface area contributed by atoms with E-state index in [0.29, 0.717) is 6.04 Å². The van der Waals surface area contributed by atoms with Crippen LogP contribution in [0, 0.1) is 3.57 Å². The SMILES string of the molecule is CCCCCCCCC(NN)c1ccccc1I. The molecule has 1 aromatic carbocycles. The first-order valence-electron chi connectivity index (χ1n) is 7.00. The molecule has 3 heteroatoms. The molecule has 2 nitrogen and oxygen atoms in total. The predicted octanol–water partition coefficient (Wildman–Crippen LogP) is 4.55. The first-order chi connectivity index (χ1) is 8.79. The number of unbranched alkanes of at least 4 members (excludes halogenated alkanes) is 5. The number of hydrogen-bond acceptors (Lipinski definition) is 2. The predicted molar refractivity (Wildman–Crippen MR) is 87.2 cm³/mol. The first kappa shape index (κ1) is 15.9. The number of nitrogens with one attached hydrogen (secondary N) is 1. The summed E-state index contributed by atoms with van der Waals surface area (Å²) in [7, 11) is 0. The van der Waals surface area contributed by atoms with Crippen LogP contribution in [0.4, 0.5) is 0 Å². The van der Waals surface area contributed by atoms with Crippen LogP contribution in [-0.4, -0.2) is 0 Å². The summed E-state index contributed by atoms with van der Waals surface area (Å²) in [5.41, 5.74) is 4.28. The minimum Gasteiger partial charge on any atom is -0.271 e. The Hall–Kier alpha value is -0.130. The third kappa shape index (κ3) is 5.67. The molecular formula is C15H25IN2. The summed E-state index contributed by atoms with van der Waals surface area (Å²) in [6, 6.07) is 8.77. The molecule has 0 aliphatic rings. The van der Waals surface area contributed by atoms with Crippen LogP contribution >= 0.6 is 22.6 Å². The van der Waals surface area contributed by atoms with E-state index in [1.54, 1.807) is 0 Å². The van der Waals surface area contributed by atoms with Gasteiger partial charge in [-0.05, 0) is 40.6 Å². The zero-order valence-electron chi connectivity index (χ0n) is 11.3. The number of halogens is 1. The minimum atomic E-state index is 0.296. The molecule has 18 heavy (non-hydrogen) atoms. The maximum Gasteiger partial charge on any atom is 0.0470 e. The van der Waals surface area contributed by atoms with Gasteiger partial charge in [0, 0.05) is 9.61 Å². The highest BCUT2D eigenvalue weighted by Gasteiger charge is 2.11. The quantitative estimate of drug-likeness (QED) is 0.294. The summed E-state index contributed by atoms with van der Waals surface area (Å²) in [4.78, 5) is 0. The highest BCUT2D eigenvalue weighted by atomic mass is 127. The summed E-state index contributed by atoms with van der Waals surface area (Å²) < 4.78 is 1.30. The van der Waals surface area contributed by atoms with Gasteiger partial charge in [0.25, 0.3) is 0 Å². The fourth-order valence-corrected chi connectivity index (χ4v) is 2.98. The Kier molecular flexibility index (Phi) is 8.63. The highest BCUT2D eigenvalue weighted by Crippen LogP contribution is 2.24. The summed E-state index contributed by atoms with van der Waals surface area (Å²) in [5, 5.41) is 0. The number of hydrazine groups is 1. The van der Waals surface area contributed by atoms with Gasteiger partial charge in [-0.2, -0.15) is 0 Å². The smallest absolute Gasteiger partial charge is 0.0470 e. The van der Waals surface area contributed by atoms with E-state index in [-0.39, 0.29) is 0 Å². The molecular weight excluding hydrogens is 335 g/mol. The molecule has 0 aliphatic carbocycles. The van der Waals surface area contributed by atoms with E-state index in [1.807, 2.05) is 0 Å². The lowest BCUT2D eigenvalue weighted by Gasteiger charge is -2.17. The van der Waals surface area contributed by atoms with Crippen molar-refractivity contribution in [2.24, 2.45) is 5.84 Å². The maximum atomic E-state index is 5.68. The Bertz CT molecular complexity index is 328. The van der Waals surface area contributed by atoms with Gasteiger partial charge in [0.05, 0.1) is 0 Å². The summed E-state index contributed by atoms with van der Waals surface area (Å²) >= 11 is 2.38. The van der Waals surface area contributed by atoms with Gasteiger partial charge in [-0.3, -0.25) is 11.3 Å². The van der Waals surface area contributed by atoms with E-state index < -0.39 is 0 Å². The largest absolute Gasteiger partial charge is 0.271 e. The van der Waals surface area contributed by atoms with Gasteiger partial charge >= 0.3 is 0 Å². The van der Waals surface area contributed by atoms with Crippen LogP contribution in [0.15, 0.2) is 24.3 Å². The van der Waals surface area contributed by atoms with Gasteiger partial charge in [-0.1, -0.05) is 63.6 Å². The van der Waals surface area contributed by atoms with Gasteiger partial charge < -0.3 is 0 Å². The molecule has 0 heterocycles. The number of nitrogens with two attached hydrogens (primary N) is 1. The second-order valence-electron chi connectivity index (χ2n) is 4.80. The van der Waals surface area contributed by atoms with Crippen molar-refractivity contribution in [2.45, 2.75) is 57.9 Å². The van der Waals surface area contributed by atoms with Crippen LogP contribution in [0.1, 0.15) is 63.5 Å². The van der Waals surface area contributed by atoms with Gasteiger partial charge in [0.2, 0.25) is 0 Å². The highest BCUT2D eigenvalue weighted by molar-refractivity contribution is 14.1. The molecule has 0 aromatic heterocycles. The minimum absolute atomic E-state index is 0.296. The lowest BCUT2D eigenvalue weighted by Crippen LogP contribution is -2.28. The van der Waals surface area contributed by atoms with Crippen molar-refractivity contribution in [3.05, 3.63) is 33.4 Å². The van der Waals surface area contributed by atoms with E-state index >= 15 is 0 Å². The van der Waals surface area contributed by atoms with Crippen molar-refractivity contribution in [1.82, 2.24) is 5.43 Å². The Morgan fingerprint density at radius 1 is 1.11 bits per heavy atom. The number of hydrogen-bond donors (Lipinski definition) is 2. The lowest BCUT2D eigenvalue weighted by atomic mass is 10.0. The van der Waals surface area contributed by atoms with Crippen LogP contribution in [0.25, 0.3) is 0 Å². The van der Waals surface area contributed by atoms with Gasteiger partial charge in [-0.25, -0.2) is 0 Å². The number of benzene rings is 1. The van der Waals surface area contributed by atoms with Crippen LogP contribution in [0.2, 0.25) is 0 Å². The van der Waals surface area contributed by atoms with E-state index in [9.17, 15) is 0 Å². The van der Waals surface area contributed by atoms with Gasteiger partial charge in [0.1, 0.15) is 0 Å². The molecule has 0 aliphatic heterocycles. The fourth-order valence-electron chi connectivity index (χ4n) is 2.22. The second-order valence-corrected chi connectivity index (χ2v) is 5.96. The molecule has 1 atom stereocenters.